The van der Waals surface area contributed by atoms with E-state index >= 15 is 0 Å². The molecule has 42 heavy (non-hydrogen) atoms. The average molecular weight is 579 g/mol. The van der Waals surface area contributed by atoms with Crippen molar-refractivity contribution >= 4 is 5.91 Å². The Labute approximate surface area is 255 Å². The van der Waals surface area contributed by atoms with E-state index in [9.17, 15) is 4.79 Å². The van der Waals surface area contributed by atoms with E-state index in [0.717, 1.165) is 51.9 Å². The molecule has 3 atom stereocenters. The summed E-state index contributed by atoms with van der Waals surface area (Å²) >= 11 is 0. The first-order valence-corrected chi connectivity index (χ1v) is 17.9. The molecule has 3 saturated heterocycles. The summed E-state index contributed by atoms with van der Waals surface area (Å²) in [6.07, 6.45) is 25.2. The van der Waals surface area contributed by atoms with Gasteiger partial charge in [-0.2, -0.15) is 5.48 Å². The first kappa shape index (κ1) is 30.6. The number of hydroxylamine groups is 1. The summed E-state index contributed by atoms with van der Waals surface area (Å²) in [6, 6.07) is 11.1. The maximum absolute atomic E-state index is 14.6. The molecule has 1 amide bonds. The predicted molar refractivity (Wildman–Crippen MR) is 170 cm³/mol. The van der Waals surface area contributed by atoms with Gasteiger partial charge in [-0.3, -0.25) is 20.3 Å². The van der Waals surface area contributed by atoms with Crippen LogP contribution in [0.5, 0.6) is 0 Å². The third kappa shape index (κ3) is 7.25. The molecule has 1 aromatic rings. The SMILES string of the molecule is O=C(N1CC(Cc2ccccc2)C1)C1(C2CCCCCCCC2)CC(C2CC3(CCCCCCCCC3)NCN2)ON1. The maximum Gasteiger partial charge on any atom is 0.245 e. The van der Waals surface area contributed by atoms with E-state index in [1.54, 1.807) is 0 Å². The largest absolute Gasteiger partial charge is 0.340 e. The lowest BCUT2D eigenvalue weighted by Gasteiger charge is -2.47. The summed E-state index contributed by atoms with van der Waals surface area (Å²) in [4.78, 5) is 23.3. The zero-order valence-corrected chi connectivity index (χ0v) is 26.2. The molecule has 0 aromatic heterocycles. The molecule has 0 bridgehead atoms. The first-order valence-electron chi connectivity index (χ1n) is 17.9. The van der Waals surface area contributed by atoms with E-state index in [-0.39, 0.29) is 17.7 Å². The average Bonchev–Trinajstić information content (AvgIpc) is 3.50. The Morgan fingerprint density at radius 1 is 0.810 bits per heavy atom. The zero-order chi connectivity index (χ0) is 28.7. The minimum absolute atomic E-state index is 0.0392. The Bertz CT molecular complexity index is 962. The van der Waals surface area contributed by atoms with Gasteiger partial charge >= 0.3 is 0 Å². The van der Waals surface area contributed by atoms with Crippen molar-refractivity contribution in [1.82, 2.24) is 21.0 Å². The number of likely N-dealkylation sites (tertiary alicyclic amines) is 1. The normalized spacial score (nSPS) is 32.4. The number of hydrogen-bond donors (Lipinski definition) is 3. The molecule has 0 radical (unpaired) electrons. The van der Waals surface area contributed by atoms with E-state index in [1.807, 2.05) is 0 Å². The fourth-order valence-corrected chi connectivity index (χ4v) is 9.10. The van der Waals surface area contributed by atoms with Crippen LogP contribution in [0, 0.1) is 11.8 Å². The van der Waals surface area contributed by atoms with Crippen molar-refractivity contribution in [2.24, 2.45) is 11.8 Å². The number of nitrogens with one attached hydrogen (secondary N) is 3. The molecule has 5 fully saturated rings. The van der Waals surface area contributed by atoms with Crippen molar-refractivity contribution in [3.8, 4) is 0 Å². The molecule has 5 aliphatic rings. The van der Waals surface area contributed by atoms with Gasteiger partial charge < -0.3 is 4.90 Å². The van der Waals surface area contributed by atoms with Gasteiger partial charge in [0.1, 0.15) is 5.54 Å². The van der Waals surface area contributed by atoms with Crippen LogP contribution in [0.25, 0.3) is 0 Å². The van der Waals surface area contributed by atoms with Crippen LogP contribution >= 0.6 is 0 Å². The van der Waals surface area contributed by atoms with Gasteiger partial charge in [0, 0.05) is 37.8 Å². The van der Waals surface area contributed by atoms with Crippen molar-refractivity contribution in [3.63, 3.8) is 0 Å². The molecule has 1 aromatic carbocycles. The van der Waals surface area contributed by atoms with E-state index in [4.69, 9.17) is 4.84 Å². The van der Waals surface area contributed by atoms with Gasteiger partial charge in [0.05, 0.1) is 6.10 Å². The molecular formula is C36H58N4O2. The molecular weight excluding hydrogens is 520 g/mol. The molecule has 3 heterocycles. The Morgan fingerprint density at radius 3 is 2.10 bits per heavy atom. The summed E-state index contributed by atoms with van der Waals surface area (Å²) in [5.74, 6) is 1.23. The van der Waals surface area contributed by atoms with Gasteiger partial charge in [-0.1, -0.05) is 114 Å². The second-order valence-electron chi connectivity index (χ2n) is 14.7. The van der Waals surface area contributed by atoms with Crippen LogP contribution in [0.15, 0.2) is 30.3 Å². The molecule has 6 rings (SSSR count). The number of nitrogens with zero attached hydrogens (tertiary/aromatic N) is 1. The molecule has 1 spiro atoms. The van der Waals surface area contributed by atoms with Gasteiger partial charge in [-0.25, -0.2) is 0 Å². The summed E-state index contributed by atoms with van der Waals surface area (Å²) < 4.78 is 0. The topological polar surface area (TPSA) is 65.6 Å². The maximum atomic E-state index is 14.6. The predicted octanol–water partition coefficient (Wildman–Crippen LogP) is 6.64. The second-order valence-corrected chi connectivity index (χ2v) is 14.7. The lowest BCUT2D eigenvalue weighted by atomic mass is 9.71. The summed E-state index contributed by atoms with van der Waals surface area (Å²) in [7, 11) is 0. The number of hydrogen-bond acceptors (Lipinski definition) is 5. The molecule has 2 aliphatic carbocycles. The third-order valence-corrected chi connectivity index (χ3v) is 11.7. The Hall–Kier alpha value is -1.47. The van der Waals surface area contributed by atoms with Crippen molar-refractivity contribution in [2.75, 3.05) is 19.8 Å². The molecule has 6 nitrogen and oxygen atoms in total. The highest BCUT2D eigenvalue weighted by atomic mass is 16.7. The highest BCUT2D eigenvalue weighted by molar-refractivity contribution is 5.87. The van der Waals surface area contributed by atoms with Crippen LogP contribution in [0.4, 0.5) is 0 Å². The summed E-state index contributed by atoms with van der Waals surface area (Å²) in [5.41, 5.74) is 4.57. The van der Waals surface area contributed by atoms with Crippen LogP contribution in [-0.2, 0) is 16.1 Å². The van der Waals surface area contributed by atoms with Crippen molar-refractivity contribution < 1.29 is 9.63 Å². The summed E-state index contributed by atoms with van der Waals surface area (Å²) in [5, 5.41) is 7.73. The van der Waals surface area contributed by atoms with Crippen LogP contribution in [0.1, 0.15) is 128 Å². The molecule has 234 valence electrons. The minimum atomic E-state index is -0.581. The van der Waals surface area contributed by atoms with Crippen molar-refractivity contribution in [3.05, 3.63) is 35.9 Å². The Balaban J connectivity index is 1.15. The van der Waals surface area contributed by atoms with Gasteiger partial charge in [-0.05, 0) is 55.9 Å². The van der Waals surface area contributed by atoms with E-state index in [2.05, 4.69) is 51.3 Å². The van der Waals surface area contributed by atoms with Crippen molar-refractivity contribution in [1.29, 1.82) is 0 Å². The molecule has 3 N–H and O–H groups in total. The number of benzene rings is 1. The monoisotopic (exact) mass is 578 g/mol. The van der Waals surface area contributed by atoms with Crippen LogP contribution in [-0.4, -0.2) is 53.8 Å². The number of rotatable bonds is 5. The quantitative estimate of drug-likeness (QED) is 0.365. The van der Waals surface area contributed by atoms with Crippen LogP contribution < -0.4 is 16.1 Å². The van der Waals surface area contributed by atoms with Gasteiger partial charge in [0.25, 0.3) is 0 Å². The van der Waals surface area contributed by atoms with Crippen LogP contribution in [0.3, 0.4) is 0 Å². The molecule has 2 saturated carbocycles. The highest BCUT2D eigenvalue weighted by Crippen LogP contribution is 2.42. The van der Waals surface area contributed by atoms with Gasteiger partial charge in [0.2, 0.25) is 5.91 Å². The highest BCUT2D eigenvalue weighted by Gasteiger charge is 2.56. The van der Waals surface area contributed by atoms with Gasteiger partial charge in [-0.15, -0.1) is 0 Å². The molecule has 3 unspecified atom stereocenters. The Morgan fingerprint density at radius 2 is 1.43 bits per heavy atom. The lowest BCUT2D eigenvalue weighted by Crippen LogP contribution is -2.64. The van der Waals surface area contributed by atoms with E-state index in [0.29, 0.717) is 17.7 Å². The van der Waals surface area contributed by atoms with E-state index in [1.165, 1.54) is 102 Å². The zero-order valence-electron chi connectivity index (χ0n) is 26.2. The fraction of sp³-hybridized carbons (Fsp3) is 0.806. The minimum Gasteiger partial charge on any atom is -0.340 e. The second kappa shape index (κ2) is 14.5. The third-order valence-electron chi connectivity index (χ3n) is 11.7. The Kier molecular flexibility index (Phi) is 10.6. The lowest BCUT2D eigenvalue weighted by molar-refractivity contribution is -0.151. The molecule has 3 aliphatic heterocycles. The van der Waals surface area contributed by atoms with Crippen LogP contribution in [0.2, 0.25) is 0 Å². The number of carbonyl (C=O) groups excluding carboxylic acids is 1. The first-order chi connectivity index (χ1) is 20.7. The standard InChI is InChI=1S/C36H58N4O2/c41-34(40-26-30(27-40)23-29-17-11-10-12-18-29)36(31-19-13-6-2-3-7-14-20-31)25-33(42-39-36)32-24-35(38-28-37-32)21-15-8-4-1-5-9-16-22-35/h10-12,17-18,30-33,37-39H,1-9,13-16,19-28H2. The summed E-state index contributed by atoms with van der Waals surface area (Å²) in [6.45, 7) is 2.61. The number of carbonyl (C=O) groups is 1. The smallest absolute Gasteiger partial charge is 0.245 e. The fourth-order valence-electron chi connectivity index (χ4n) is 9.10. The van der Waals surface area contributed by atoms with E-state index < -0.39 is 5.54 Å². The number of amides is 1. The van der Waals surface area contributed by atoms with Gasteiger partial charge in [0.15, 0.2) is 0 Å². The molecule has 6 heteroatoms. The van der Waals surface area contributed by atoms with Crippen molar-refractivity contribution in [2.45, 2.75) is 152 Å².